The first-order valence-corrected chi connectivity index (χ1v) is 8.11. The summed E-state index contributed by atoms with van der Waals surface area (Å²) in [6.45, 7) is 6.61. The predicted octanol–water partition coefficient (Wildman–Crippen LogP) is 5.25. The van der Waals surface area contributed by atoms with Crippen LogP contribution < -0.4 is 0 Å². The molecule has 0 N–H and O–H groups in total. The van der Waals surface area contributed by atoms with Gasteiger partial charge in [0.05, 0.1) is 6.61 Å². The minimum Gasteiger partial charge on any atom is -0.463 e. The molecule has 0 saturated heterocycles. The molecule has 0 bridgehead atoms. The van der Waals surface area contributed by atoms with Crippen molar-refractivity contribution in [2.45, 2.75) is 58.8 Å². The van der Waals surface area contributed by atoms with Crippen LogP contribution >= 0.6 is 0 Å². The zero-order valence-corrected chi connectivity index (χ0v) is 13.6. The Labute approximate surface area is 129 Å². The van der Waals surface area contributed by atoms with E-state index in [2.05, 4.69) is 32.1 Å². The molecule has 0 aliphatic carbocycles. The molecule has 0 fully saturated rings. The Morgan fingerprint density at radius 1 is 1.14 bits per heavy atom. The number of unbranched alkanes of at least 4 members (excludes halogenated alkanes) is 3. The maximum atomic E-state index is 12.1. The Hall–Kier alpha value is -1.57. The summed E-state index contributed by atoms with van der Waals surface area (Å²) in [6.07, 6.45) is 7.55. The average molecular weight is 288 g/mol. The Kier molecular flexibility index (Phi) is 8.49. The van der Waals surface area contributed by atoms with Crippen LogP contribution in [0.3, 0.4) is 0 Å². The van der Waals surface area contributed by atoms with Crippen LogP contribution in [0.2, 0.25) is 0 Å². The number of ether oxygens (including phenoxy) is 1. The van der Waals surface area contributed by atoms with Gasteiger partial charge in [-0.15, -0.1) is 0 Å². The van der Waals surface area contributed by atoms with Crippen LogP contribution in [0.1, 0.15) is 64.4 Å². The molecule has 116 valence electrons. The minimum absolute atomic E-state index is 0.156. The number of hydrogen-bond donors (Lipinski definition) is 0. The van der Waals surface area contributed by atoms with Crippen LogP contribution in [0.25, 0.3) is 0 Å². The van der Waals surface area contributed by atoms with Crippen molar-refractivity contribution in [2.75, 3.05) is 6.61 Å². The van der Waals surface area contributed by atoms with Crippen molar-refractivity contribution in [1.29, 1.82) is 0 Å². The van der Waals surface area contributed by atoms with E-state index in [1.54, 1.807) is 0 Å². The van der Waals surface area contributed by atoms with E-state index in [4.69, 9.17) is 4.74 Å². The Bertz CT molecular complexity index is 434. The quantitative estimate of drug-likeness (QED) is 0.352. The number of esters is 1. The van der Waals surface area contributed by atoms with Gasteiger partial charge in [0, 0.05) is 5.57 Å². The lowest BCUT2D eigenvalue weighted by atomic mass is 9.96. The van der Waals surface area contributed by atoms with Crippen molar-refractivity contribution in [3.63, 3.8) is 0 Å². The molecule has 0 amide bonds. The summed E-state index contributed by atoms with van der Waals surface area (Å²) in [6, 6.07) is 10.3. The minimum atomic E-state index is -0.156. The Morgan fingerprint density at radius 2 is 1.86 bits per heavy atom. The highest BCUT2D eigenvalue weighted by molar-refractivity contribution is 5.88. The van der Waals surface area contributed by atoms with Crippen molar-refractivity contribution in [3.05, 3.63) is 47.5 Å². The molecule has 1 aromatic carbocycles. The van der Waals surface area contributed by atoms with Crippen LogP contribution in [-0.2, 0) is 9.53 Å². The zero-order valence-electron chi connectivity index (χ0n) is 13.6. The Morgan fingerprint density at radius 3 is 2.48 bits per heavy atom. The van der Waals surface area contributed by atoms with Gasteiger partial charge < -0.3 is 4.74 Å². The van der Waals surface area contributed by atoms with Crippen LogP contribution in [0.15, 0.2) is 42.0 Å². The van der Waals surface area contributed by atoms with Gasteiger partial charge in [-0.05, 0) is 31.2 Å². The third-order valence-corrected chi connectivity index (χ3v) is 3.61. The van der Waals surface area contributed by atoms with E-state index in [1.807, 2.05) is 25.1 Å². The van der Waals surface area contributed by atoms with E-state index in [-0.39, 0.29) is 11.9 Å². The second-order valence-corrected chi connectivity index (χ2v) is 5.42. The number of rotatable bonds is 9. The topological polar surface area (TPSA) is 26.3 Å². The molecule has 1 aromatic rings. The first kappa shape index (κ1) is 17.5. The largest absolute Gasteiger partial charge is 0.463 e. The first-order valence-electron chi connectivity index (χ1n) is 8.11. The summed E-state index contributed by atoms with van der Waals surface area (Å²) < 4.78 is 5.19. The molecule has 0 aliphatic heterocycles. The molecule has 0 heterocycles. The highest BCUT2D eigenvalue weighted by Gasteiger charge is 2.12. The molecule has 0 aromatic heterocycles. The summed E-state index contributed by atoms with van der Waals surface area (Å²) in [5.41, 5.74) is 2.05. The number of allylic oxidation sites excluding steroid dienone is 1. The van der Waals surface area contributed by atoms with Gasteiger partial charge in [0.1, 0.15) is 0 Å². The maximum Gasteiger partial charge on any atom is 0.333 e. The standard InChI is InChI=1S/C19H28O2/c1-4-6-7-9-14-18(19(20)21-5-2)15-16(3)17-12-10-8-11-13-17/h8,10-13,15-16H,4-7,9,14H2,1-3H3/b18-15-. The molecule has 1 rings (SSSR count). The highest BCUT2D eigenvalue weighted by atomic mass is 16.5. The van der Waals surface area contributed by atoms with Gasteiger partial charge in [0.2, 0.25) is 0 Å². The van der Waals surface area contributed by atoms with E-state index < -0.39 is 0 Å². The number of carbonyl (C=O) groups is 1. The van der Waals surface area contributed by atoms with Gasteiger partial charge in [-0.3, -0.25) is 0 Å². The smallest absolute Gasteiger partial charge is 0.333 e. The summed E-state index contributed by atoms with van der Waals surface area (Å²) in [5, 5.41) is 0. The van der Waals surface area contributed by atoms with E-state index in [0.29, 0.717) is 6.61 Å². The van der Waals surface area contributed by atoms with Gasteiger partial charge in [-0.2, -0.15) is 0 Å². The number of hydrogen-bond acceptors (Lipinski definition) is 2. The molecule has 0 saturated carbocycles. The monoisotopic (exact) mass is 288 g/mol. The predicted molar refractivity (Wildman–Crippen MR) is 88.3 cm³/mol. The average Bonchev–Trinajstić information content (AvgIpc) is 2.51. The maximum absolute atomic E-state index is 12.1. The lowest BCUT2D eigenvalue weighted by Crippen LogP contribution is -2.09. The highest BCUT2D eigenvalue weighted by Crippen LogP contribution is 2.21. The van der Waals surface area contributed by atoms with Gasteiger partial charge in [-0.25, -0.2) is 4.79 Å². The lowest BCUT2D eigenvalue weighted by Gasteiger charge is -2.11. The van der Waals surface area contributed by atoms with Crippen molar-refractivity contribution in [2.24, 2.45) is 0 Å². The third kappa shape index (κ3) is 6.61. The van der Waals surface area contributed by atoms with E-state index in [0.717, 1.165) is 18.4 Å². The molecule has 1 atom stereocenters. The van der Waals surface area contributed by atoms with Crippen molar-refractivity contribution in [3.8, 4) is 0 Å². The van der Waals surface area contributed by atoms with Gasteiger partial charge in [0.15, 0.2) is 0 Å². The number of benzene rings is 1. The van der Waals surface area contributed by atoms with Gasteiger partial charge >= 0.3 is 5.97 Å². The van der Waals surface area contributed by atoms with Gasteiger partial charge in [-0.1, -0.05) is 69.5 Å². The second kappa shape index (κ2) is 10.2. The summed E-state index contributed by atoms with van der Waals surface area (Å²) >= 11 is 0. The van der Waals surface area contributed by atoms with Crippen molar-refractivity contribution >= 4 is 5.97 Å². The third-order valence-electron chi connectivity index (χ3n) is 3.61. The van der Waals surface area contributed by atoms with E-state index in [1.165, 1.54) is 24.8 Å². The van der Waals surface area contributed by atoms with Gasteiger partial charge in [0.25, 0.3) is 0 Å². The van der Waals surface area contributed by atoms with E-state index in [9.17, 15) is 4.79 Å². The SMILES string of the molecule is CCCCCC/C(=C/C(C)c1ccccc1)C(=O)OCC. The fourth-order valence-electron chi connectivity index (χ4n) is 2.37. The fraction of sp³-hybridized carbons (Fsp3) is 0.526. The molecule has 2 heteroatoms. The molecule has 0 spiro atoms. The molecule has 0 radical (unpaired) electrons. The Balaban J connectivity index is 2.74. The van der Waals surface area contributed by atoms with Crippen LogP contribution in [-0.4, -0.2) is 12.6 Å². The summed E-state index contributed by atoms with van der Waals surface area (Å²) in [7, 11) is 0. The van der Waals surface area contributed by atoms with Crippen molar-refractivity contribution in [1.82, 2.24) is 0 Å². The first-order chi connectivity index (χ1) is 10.2. The summed E-state index contributed by atoms with van der Waals surface area (Å²) in [4.78, 5) is 12.1. The zero-order chi connectivity index (χ0) is 15.5. The molecule has 0 aliphatic rings. The fourth-order valence-corrected chi connectivity index (χ4v) is 2.37. The molecule has 21 heavy (non-hydrogen) atoms. The van der Waals surface area contributed by atoms with Crippen LogP contribution in [0, 0.1) is 0 Å². The molecule has 2 nitrogen and oxygen atoms in total. The summed E-state index contributed by atoms with van der Waals surface area (Å²) in [5.74, 6) is 0.0774. The lowest BCUT2D eigenvalue weighted by molar-refractivity contribution is -0.138. The molecular weight excluding hydrogens is 260 g/mol. The molecular formula is C19H28O2. The van der Waals surface area contributed by atoms with Crippen molar-refractivity contribution < 1.29 is 9.53 Å². The molecule has 1 unspecified atom stereocenters. The number of carbonyl (C=O) groups excluding carboxylic acids is 1. The van der Waals surface area contributed by atoms with Crippen LogP contribution in [0.4, 0.5) is 0 Å². The van der Waals surface area contributed by atoms with Crippen LogP contribution in [0.5, 0.6) is 0 Å². The van der Waals surface area contributed by atoms with E-state index >= 15 is 0 Å². The second-order valence-electron chi connectivity index (χ2n) is 5.42. The normalized spacial score (nSPS) is 13.0.